The second-order valence-electron chi connectivity index (χ2n) is 7.01. The predicted octanol–water partition coefficient (Wildman–Crippen LogP) is 2.96. The number of ketones is 1. The minimum Gasteiger partial charge on any atom is -0.299 e. The molecule has 4 nitrogen and oxygen atoms in total. The van der Waals surface area contributed by atoms with Crippen molar-refractivity contribution in [3.63, 3.8) is 0 Å². The predicted molar refractivity (Wildman–Crippen MR) is 82.4 cm³/mol. The Hall–Kier alpha value is -1.43. The Kier molecular flexibility index (Phi) is 3.36. The molecular weight excluding hydrogens is 305 g/mol. The third-order valence-electron chi connectivity index (χ3n) is 5.71. The first-order valence-electron chi connectivity index (χ1n) is 7.46. The lowest BCUT2D eigenvalue weighted by atomic mass is 9.70. The summed E-state index contributed by atoms with van der Waals surface area (Å²) < 4.78 is 40.9. The third-order valence-corrected chi connectivity index (χ3v) is 7.12. The summed E-state index contributed by atoms with van der Waals surface area (Å²) in [5, 5.41) is 0. The van der Waals surface area contributed by atoms with E-state index < -0.39 is 21.3 Å². The number of nitrogens with one attached hydrogen (secondary N) is 1. The van der Waals surface area contributed by atoms with Crippen LogP contribution in [0.3, 0.4) is 0 Å². The fourth-order valence-corrected chi connectivity index (χ4v) is 6.08. The van der Waals surface area contributed by atoms with Gasteiger partial charge < -0.3 is 0 Å². The van der Waals surface area contributed by atoms with Crippen LogP contribution < -0.4 is 4.72 Å². The maximum atomic E-state index is 13.7. The Morgan fingerprint density at radius 1 is 1.32 bits per heavy atom. The molecule has 2 saturated carbocycles. The molecule has 1 aromatic carbocycles. The lowest BCUT2D eigenvalue weighted by Crippen LogP contribution is -2.43. The minimum absolute atomic E-state index is 0.0349. The first-order chi connectivity index (χ1) is 10.2. The lowest BCUT2D eigenvalue weighted by Gasteiger charge is -2.36. The summed E-state index contributed by atoms with van der Waals surface area (Å²) in [4.78, 5) is 12.4. The van der Waals surface area contributed by atoms with Gasteiger partial charge >= 0.3 is 0 Å². The van der Waals surface area contributed by atoms with E-state index in [2.05, 4.69) is 4.72 Å². The van der Waals surface area contributed by atoms with Gasteiger partial charge in [-0.3, -0.25) is 9.52 Å². The number of halogens is 1. The third kappa shape index (κ3) is 2.16. The number of Topliss-reactive ketones (excluding diaryl/α,β-unsaturated/α-hetero) is 1. The second-order valence-corrected chi connectivity index (χ2v) is 8.73. The molecule has 0 aromatic heterocycles. The summed E-state index contributed by atoms with van der Waals surface area (Å²) in [7, 11) is -3.80. The van der Waals surface area contributed by atoms with Crippen LogP contribution in [-0.2, 0) is 14.8 Å². The Morgan fingerprint density at radius 2 is 2.00 bits per heavy atom. The van der Waals surface area contributed by atoms with Crippen LogP contribution in [-0.4, -0.2) is 20.0 Å². The molecule has 2 bridgehead atoms. The molecule has 0 spiro atoms. The van der Waals surface area contributed by atoms with Crippen LogP contribution in [0, 0.1) is 22.6 Å². The van der Waals surface area contributed by atoms with E-state index in [0.717, 1.165) is 6.42 Å². The van der Waals surface area contributed by atoms with E-state index in [-0.39, 0.29) is 28.6 Å². The van der Waals surface area contributed by atoms with Gasteiger partial charge in [-0.15, -0.1) is 0 Å². The molecule has 0 heterocycles. The van der Waals surface area contributed by atoms with Crippen LogP contribution in [0.1, 0.15) is 33.1 Å². The number of sulfonamides is 1. The number of carbonyl (C=O) groups is 1. The Labute approximate surface area is 130 Å². The smallest absolute Gasteiger partial charge is 0.233 e. The molecule has 1 aromatic rings. The number of anilines is 1. The van der Waals surface area contributed by atoms with Crippen LogP contribution in [0.4, 0.5) is 10.1 Å². The molecule has 2 fully saturated rings. The number of fused-ring (bicyclic) bond motifs is 2. The van der Waals surface area contributed by atoms with Gasteiger partial charge in [0.1, 0.15) is 11.6 Å². The molecule has 1 unspecified atom stereocenters. The zero-order chi connectivity index (χ0) is 16.2. The number of carbonyl (C=O) groups excluding carboxylic acids is 1. The van der Waals surface area contributed by atoms with Crippen LogP contribution >= 0.6 is 0 Å². The second kappa shape index (κ2) is 4.78. The van der Waals surface area contributed by atoms with Crippen molar-refractivity contribution in [3.8, 4) is 0 Å². The van der Waals surface area contributed by atoms with Gasteiger partial charge in [0.15, 0.2) is 0 Å². The molecule has 2 aliphatic rings. The minimum atomic E-state index is -3.80. The molecule has 6 heteroatoms. The number of benzene rings is 1. The SMILES string of the molecule is CC1(C)C2CC[C@@]1(CS(=O)(=O)Nc1ccccc1F)C(=O)C2. The van der Waals surface area contributed by atoms with E-state index in [0.29, 0.717) is 12.8 Å². The van der Waals surface area contributed by atoms with Crippen molar-refractivity contribution < 1.29 is 17.6 Å². The van der Waals surface area contributed by atoms with Crippen molar-refractivity contribution in [2.24, 2.45) is 16.7 Å². The number of hydrogen-bond acceptors (Lipinski definition) is 3. The lowest BCUT2D eigenvalue weighted by molar-refractivity contribution is -0.128. The summed E-state index contributed by atoms with van der Waals surface area (Å²) in [6.07, 6.45) is 1.94. The summed E-state index contributed by atoms with van der Waals surface area (Å²) in [6.45, 7) is 3.96. The van der Waals surface area contributed by atoms with Crippen molar-refractivity contribution in [3.05, 3.63) is 30.1 Å². The van der Waals surface area contributed by atoms with Crippen molar-refractivity contribution in [2.45, 2.75) is 33.1 Å². The quantitative estimate of drug-likeness (QED) is 0.925. The molecule has 0 amide bonds. The largest absolute Gasteiger partial charge is 0.299 e. The average Bonchev–Trinajstić information content (AvgIpc) is 2.74. The molecule has 0 radical (unpaired) electrons. The van der Waals surface area contributed by atoms with Gasteiger partial charge in [-0.05, 0) is 36.3 Å². The van der Waals surface area contributed by atoms with Crippen molar-refractivity contribution >= 4 is 21.5 Å². The van der Waals surface area contributed by atoms with Gasteiger partial charge in [-0.2, -0.15) is 0 Å². The van der Waals surface area contributed by atoms with Crippen molar-refractivity contribution in [1.29, 1.82) is 0 Å². The van der Waals surface area contributed by atoms with E-state index in [1.54, 1.807) is 6.07 Å². The van der Waals surface area contributed by atoms with Crippen molar-refractivity contribution in [2.75, 3.05) is 10.5 Å². The topological polar surface area (TPSA) is 63.2 Å². The standard InChI is InChI=1S/C16H20FNO3S/c1-15(2)11-7-8-16(15,14(19)9-11)10-22(20,21)18-13-6-4-3-5-12(13)17/h3-6,11,18H,7-10H2,1-2H3/t11?,16-/m1/s1. The maximum absolute atomic E-state index is 13.7. The molecule has 0 aliphatic heterocycles. The molecule has 1 N–H and O–H groups in total. The molecule has 3 rings (SSSR count). The number of rotatable bonds is 4. The van der Waals surface area contributed by atoms with Crippen LogP contribution in [0.5, 0.6) is 0 Å². The average molecular weight is 325 g/mol. The maximum Gasteiger partial charge on any atom is 0.233 e. The van der Waals surface area contributed by atoms with Gasteiger partial charge in [-0.25, -0.2) is 12.8 Å². The summed E-state index contributed by atoms with van der Waals surface area (Å²) in [5.41, 5.74) is -1.24. The van der Waals surface area contributed by atoms with Crippen LogP contribution in [0.2, 0.25) is 0 Å². The molecular formula is C16H20FNO3S. The van der Waals surface area contributed by atoms with Gasteiger partial charge in [0.25, 0.3) is 0 Å². The zero-order valence-corrected chi connectivity index (χ0v) is 13.5. The zero-order valence-electron chi connectivity index (χ0n) is 12.7. The summed E-state index contributed by atoms with van der Waals surface area (Å²) in [6, 6.07) is 5.64. The van der Waals surface area contributed by atoms with E-state index in [9.17, 15) is 17.6 Å². The van der Waals surface area contributed by atoms with Gasteiger partial charge in [0, 0.05) is 6.42 Å². The first kappa shape index (κ1) is 15.5. The van der Waals surface area contributed by atoms with E-state index in [1.165, 1.54) is 18.2 Å². The van der Waals surface area contributed by atoms with Gasteiger partial charge in [0.05, 0.1) is 16.9 Å². The normalized spacial score (nSPS) is 29.8. The fourth-order valence-electron chi connectivity index (χ4n) is 4.18. The monoisotopic (exact) mass is 325 g/mol. The van der Waals surface area contributed by atoms with Gasteiger partial charge in [-0.1, -0.05) is 26.0 Å². The van der Waals surface area contributed by atoms with E-state index in [4.69, 9.17) is 0 Å². The highest BCUT2D eigenvalue weighted by Crippen LogP contribution is 2.64. The van der Waals surface area contributed by atoms with E-state index >= 15 is 0 Å². The highest BCUT2D eigenvalue weighted by molar-refractivity contribution is 7.92. The van der Waals surface area contributed by atoms with Gasteiger partial charge in [0.2, 0.25) is 10.0 Å². The van der Waals surface area contributed by atoms with E-state index in [1.807, 2.05) is 13.8 Å². The van der Waals surface area contributed by atoms with Crippen LogP contribution in [0.15, 0.2) is 24.3 Å². The molecule has 2 atom stereocenters. The Balaban J connectivity index is 1.89. The number of para-hydroxylation sites is 1. The first-order valence-corrected chi connectivity index (χ1v) is 9.11. The molecule has 120 valence electrons. The van der Waals surface area contributed by atoms with Crippen molar-refractivity contribution in [1.82, 2.24) is 0 Å². The highest BCUT2D eigenvalue weighted by Gasteiger charge is 2.65. The molecule has 2 aliphatic carbocycles. The fraction of sp³-hybridized carbons (Fsp3) is 0.562. The molecule has 0 saturated heterocycles. The summed E-state index contributed by atoms with van der Waals surface area (Å²) in [5.74, 6) is -0.599. The number of hydrogen-bond donors (Lipinski definition) is 1. The summed E-state index contributed by atoms with van der Waals surface area (Å²) >= 11 is 0. The molecule has 22 heavy (non-hydrogen) atoms. The Bertz CT molecular complexity index is 729. The van der Waals surface area contributed by atoms with Crippen LogP contribution in [0.25, 0.3) is 0 Å². The highest BCUT2D eigenvalue weighted by atomic mass is 32.2. The Morgan fingerprint density at radius 3 is 2.55 bits per heavy atom.